The number of phenolic OH excluding ortho intramolecular Hbond substituents is 1. The van der Waals surface area contributed by atoms with Gasteiger partial charge in [0.05, 0.1) is 5.69 Å². The summed E-state index contributed by atoms with van der Waals surface area (Å²) in [5.74, 6) is 2.67. The van der Waals surface area contributed by atoms with Crippen LogP contribution in [0.5, 0.6) is 5.75 Å². The molecule has 0 aromatic heterocycles. The molecule has 2 rings (SSSR count). The number of hydrogen-bond donors (Lipinski definition) is 2. The second-order valence-electron chi connectivity index (χ2n) is 4.33. The first-order chi connectivity index (χ1) is 7.66. The lowest BCUT2D eigenvalue weighted by Gasteiger charge is -2.23. The first-order valence-corrected chi connectivity index (χ1v) is 6.67. The lowest BCUT2D eigenvalue weighted by atomic mass is 10.1. The number of thioether (sulfide) groups is 1. The summed E-state index contributed by atoms with van der Waals surface area (Å²) >= 11 is 2.02. The lowest BCUT2D eigenvalue weighted by Crippen LogP contribution is -2.30. The molecule has 1 aromatic carbocycles. The molecular weight excluding hydrogens is 220 g/mol. The molecule has 1 saturated heterocycles. The Hall–Kier alpha value is -0.870. The summed E-state index contributed by atoms with van der Waals surface area (Å²) in [4.78, 5) is 2.37. The predicted molar refractivity (Wildman–Crippen MR) is 69.7 cm³/mol. The van der Waals surface area contributed by atoms with E-state index >= 15 is 0 Å². The van der Waals surface area contributed by atoms with Crippen LogP contribution in [0.4, 0.5) is 5.69 Å². The zero-order valence-electron chi connectivity index (χ0n) is 9.52. The van der Waals surface area contributed by atoms with Crippen molar-refractivity contribution in [2.75, 3.05) is 24.3 Å². The number of phenols is 1. The summed E-state index contributed by atoms with van der Waals surface area (Å²) < 4.78 is 0. The first-order valence-electron chi connectivity index (χ1n) is 5.52. The van der Waals surface area contributed by atoms with Gasteiger partial charge in [0.15, 0.2) is 0 Å². The number of rotatable bonds is 3. The minimum atomic E-state index is 0.169. The molecule has 0 aliphatic carbocycles. The second kappa shape index (κ2) is 4.97. The van der Waals surface area contributed by atoms with Crippen LogP contribution >= 0.6 is 11.8 Å². The van der Waals surface area contributed by atoms with Crippen LogP contribution in [0.1, 0.15) is 12.0 Å². The van der Waals surface area contributed by atoms with Crippen molar-refractivity contribution >= 4 is 17.4 Å². The summed E-state index contributed by atoms with van der Waals surface area (Å²) in [6.45, 7) is 0.899. The van der Waals surface area contributed by atoms with Gasteiger partial charge in [0.2, 0.25) is 0 Å². The van der Waals surface area contributed by atoms with Crippen LogP contribution in [-0.4, -0.2) is 34.6 Å². The summed E-state index contributed by atoms with van der Waals surface area (Å²) in [7, 11) is 2.15. The average molecular weight is 238 g/mol. The Morgan fingerprint density at radius 2 is 2.38 bits per heavy atom. The number of benzene rings is 1. The molecule has 1 atom stereocenters. The molecule has 3 N–H and O–H groups in total. The maximum absolute atomic E-state index is 9.35. The Morgan fingerprint density at radius 1 is 1.56 bits per heavy atom. The van der Waals surface area contributed by atoms with Gasteiger partial charge in [-0.25, -0.2) is 0 Å². The third-order valence-electron chi connectivity index (χ3n) is 3.05. The minimum absolute atomic E-state index is 0.169. The molecule has 1 aliphatic heterocycles. The molecule has 0 spiro atoms. The van der Waals surface area contributed by atoms with Gasteiger partial charge in [-0.2, -0.15) is 11.8 Å². The van der Waals surface area contributed by atoms with Gasteiger partial charge in [-0.15, -0.1) is 0 Å². The fourth-order valence-corrected chi connectivity index (χ4v) is 3.29. The molecule has 0 radical (unpaired) electrons. The van der Waals surface area contributed by atoms with E-state index < -0.39 is 0 Å². The van der Waals surface area contributed by atoms with Gasteiger partial charge >= 0.3 is 0 Å². The highest BCUT2D eigenvalue weighted by Gasteiger charge is 2.19. The normalized spacial score (nSPS) is 20.5. The van der Waals surface area contributed by atoms with E-state index in [9.17, 15) is 5.11 Å². The molecular formula is C12H18N2OS. The molecule has 16 heavy (non-hydrogen) atoms. The third-order valence-corrected chi connectivity index (χ3v) is 4.20. The van der Waals surface area contributed by atoms with Crippen LogP contribution in [0, 0.1) is 0 Å². The predicted octanol–water partition coefficient (Wildman–Crippen LogP) is 1.91. The Kier molecular flexibility index (Phi) is 3.61. The van der Waals surface area contributed by atoms with Crippen molar-refractivity contribution in [2.45, 2.75) is 19.0 Å². The molecule has 1 fully saturated rings. The number of nitrogens with two attached hydrogens (primary N) is 1. The van der Waals surface area contributed by atoms with Crippen LogP contribution in [-0.2, 0) is 6.54 Å². The highest BCUT2D eigenvalue weighted by molar-refractivity contribution is 7.99. The van der Waals surface area contributed by atoms with Crippen LogP contribution < -0.4 is 5.73 Å². The summed E-state index contributed by atoms with van der Waals surface area (Å²) in [6.07, 6.45) is 1.27. The van der Waals surface area contributed by atoms with Crippen molar-refractivity contribution in [2.24, 2.45) is 0 Å². The van der Waals surface area contributed by atoms with E-state index in [4.69, 9.17) is 5.73 Å². The largest absolute Gasteiger partial charge is 0.506 e. The zero-order valence-corrected chi connectivity index (χ0v) is 10.3. The monoisotopic (exact) mass is 238 g/mol. The molecule has 0 saturated carbocycles. The van der Waals surface area contributed by atoms with E-state index in [0.29, 0.717) is 11.7 Å². The van der Waals surface area contributed by atoms with Crippen molar-refractivity contribution in [3.05, 3.63) is 23.8 Å². The summed E-state index contributed by atoms with van der Waals surface area (Å²) in [5, 5.41) is 9.35. The topological polar surface area (TPSA) is 49.5 Å². The quantitative estimate of drug-likeness (QED) is 0.624. The number of anilines is 1. The van der Waals surface area contributed by atoms with Gasteiger partial charge in [0.25, 0.3) is 0 Å². The molecule has 4 heteroatoms. The highest BCUT2D eigenvalue weighted by Crippen LogP contribution is 2.25. The molecule has 1 aromatic rings. The molecule has 0 amide bonds. The lowest BCUT2D eigenvalue weighted by molar-refractivity contribution is 0.254. The Labute approximate surface area is 101 Å². The number of nitrogens with zero attached hydrogens (tertiary/aromatic N) is 1. The maximum atomic E-state index is 9.35. The minimum Gasteiger partial charge on any atom is -0.506 e. The number of nitrogen functional groups attached to an aromatic ring is 1. The third kappa shape index (κ3) is 2.62. The number of aromatic hydroxyl groups is 1. The van der Waals surface area contributed by atoms with Gasteiger partial charge in [-0.3, -0.25) is 4.90 Å². The van der Waals surface area contributed by atoms with E-state index in [2.05, 4.69) is 11.9 Å². The fourth-order valence-electron chi connectivity index (χ4n) is 1.99. The second-order valence-corrected chi connectivity index (χ2v) is 5.48. The highest BCUT2D eigenvalue weighted by atomic mass is 32.2. The van der Waals surface area contributed by atoms with Crippen molar-refractivity contribution in [1.82, 2.24) is 4.90 Å². The zero-order chi connectivity index (χ0) is 11.5. The van der Waals surface area contributed by atoms with Crippen molar-refractivity contribution in [3.8, 4) is 5.75 Å². The smallest absolute Gasteiger partial charge is 0.138 e. The van der Waals surface area contributed by atoms with Gasteiger partial charge < -0.3 is 10.8 Å². The van der Waals surface area contributed by atoms with Crippen LogP contribution in [0.25, 0.3) is 0 Å². The van der Waals surface area contributed by atoms with Crippen LogP contribution in [0.15, 0.2) is 18.2 Å². The average Bonchev–Trinajstić information content (AvgIpc) is 2.77. The summed E-state index contributed by atoms with van der Waals surface area (Å²) in [5.41, 5.74) is 7.30. The number of hydrogen-bond acceptors (Lipinski definition) is 4. The van der Waals surface area contributed by atoms with Gasteiger partial charge in [0, 0.05) is 18.3 Å². The van der Waals surface area contributed by atoms with Crippen LogP contribution in [0.3, 0.4) is 0 Å². The van der Waals surface area contributed by atoms with E-state index in [1.54, 1.807) is 6.07 Å². The first kappa shape index (κ1) is 11.6. The fraction of sp³-hybridized carbons (Fsp3) is 0.500. The van der Waals surface area contributed by atoms with Gasteiger partial charge in [0.1, 0.15) is 5.75 Å². The van der Waals surface area contributed by atoms with E-state index in [1.807, 2.05) is 23.9 Å². The van der Waals surface area contributed by atoms with Gasteiger partial charge in [-0.1, -0.05) is 6.07 Å². The molecule has 1 unspecified atom stereocenters. The maximum Gasteiger partial charge on any atom is 0.138 e. The SMILES string of the molecule is CN(Cc1ccc(O)c(N)c1)C1CCSC1. The molecule has 1 heterocycles. The van der Waals surface area contributed by atoms with Crippen LogP contribution in [0.2, 0.25) is 0 Å². The molecule has 88 valence electrons. The Morgan fingerprint density at radius 3 is 3.00 bits per heavy atom. The van der Waals surface area contributed by atoms with Crippen molar-refractivity contribution in [1.29, 1.82) is 0 Å². The molecule has 3 nitrogen and oxygen atoms in total. The Balaban J connectivity index is 1.99. The molecule has 1 aliphatic rings. The van der Waals surface area contributed by atoms with Gasteiger partial charge in [-0.05, 0) is 36.9 Å². The van der Waals surface area contributed by atoms with Crippen molar-refractivity contribution < 1.29 is 5.11 Å². The van der Waals surface area contributed by atoms with E-state index in [0.717, 1.165) is 12.1 Å². The van der Waals surface area contributed by atoms with E-state index in [-0.39, 0.29) is 5.75 Å². The van der Waals surface area contributed by atoms with Crippen molar-refractivity contribution in [3.63, 3.8) is 0 Å². The Bertz CT molecular complexity index is 364. The van der Waals surface area contributed by atoms with E-state index in [1.165, 1.54) is 17.9 Å². The standard InChI is InChI=1S/C12H18N2OS/c1-14(10-4-5-16-8-10)7-9-2-3-12(15)11(13)6-9/h2-3,6,10,15H,4-5,7-8,13H2,1H3. The summed E-state index contributed by atoms with van der Waals surface area (Å²) in [6, 6.07) is 6.14. The molecule has 0 bridgehead atoms.